The molecular weight excluding hydrogens is 506 g/mol. The molecule has 5 N–H and O–H groups in total. The molecule has 0 unspecified atom stereocenters. The van der Waals surface area contributed by atoms with Crippen molar-refractivity contribution in [3.05, 3.63) is 64.7 Å². The van der Waals surface area contributed by atoms with Gasteiger partial charge in [-0.15, -0.1) is 10.2 Å². The lowest BCUT2D eigenvalue weighted by molar-refractivity contribution is -0.384. The molecule has 15 heteroatoms. The molecule has 4 aromatic carbocycles. The molecule has 0 amide bonds. The number of phenols is 2. The van der Waals surface area contributed by atoms with Crippen LogP contribution in [0.3, 0.4) is 0 Å². The van der Waals surface area contributed by atoms with Crippen molar-refractivity contribution >= 4 is 59.2 Å². The van der Waals surface area contributed by atoms with E-state index in [1.165, 1.54) is 24.3 Å². The average molecular weight is 520 g/mol. The molecule has 0 radical (unpaired) electrons. The van der Waals surface area contributed by atoms with Gasteiger partial charge < -0.3 is 10.2 Å². The summed E-state index contributed by atoms with van der Waals surface area (Å²) >= 11 is 0. The first-order valence-electron chi connectivity index (χ1n) is 9.36. The number of phenolic OH excluding ortho intramolecular Hbond substituents is 2. The molecular formula is C20H14N3O10S2+. The van der Waals surface area contributed by atoms with Crippen molar-refractivity contribution in [2.45, 2.75) is 9.79 Å². The van der Waals surface area contributed by atoms with Crippen molar-refractivity contribution in [2.24, 2.45) is 10.2 Å². The number of benzene rings is 4. The molecule has 0 spiro atoms. The lowest BCUT2D eigenvalue weighted by Gasteiger charge is -2.09. The summed E-state index contributed by atoms with van der Waals surface area (Å²) in [6.07, 6.45) is 0. The minimum Gasteiger partial charge on any atom is -0.507 e. The second kappa shape index (κ2) is 8.33. The number of rotatable bonds is 5. The largest absolute Gasteiger partial charge is 0.507 e. The summed E-state index contributed by atoms with van der Waals surface area (Å²) in [5.41, 5.74) is -0.941. The second-order valence-electron chi connectivity index (χ2n) is 7.18. The third-order valence-electron chi connectivity index (χ3n) is 5.02. The Labute approximate surface area is 197 Å². The topological polar surface area (TPSA) is 220 Å². The van der Waals surface area contributed by atoms with E-state index in [0.717, 1.165) is 24.3 Å². The zero-order valence-electron chi connectivity index (χ0n) is 17.1. The maximum atomic E-state index is 11.9. The molecule has 13 nitrogen and oxygen atoms in total. The number of non-ortho nitro benzene ring substituents is 1. The van der Waals surface area contributed by atoms with E-state index >= 15 is 0 Å². The third kappa shape index (κ3) is 4.41. The van der Waals surface area contributed by atoms with Crippen LogP contribution in [0.1, 0.15) is 0 Å². The molecule has 4 aromatic rings. The number of hydrogen-bond donors (Lipinski definition) is 5. The van der Waals surface area contributed by atoms with Crippen LogP contribution in [-0.4, -0.2) is 37.2 Å². The van der Waals surface area contributed by atoms with Crippen LogP contribution in [0.4, 0.5) is 17.1 Å². The van der Waals surface area contributed by atoms with Gasteiger partial charge in [-0.3, -0.25) is 14.7 Å². The molecule has 0 aliphatic heterocycles. The Hall–Kier alpha value is -4.02. The van der Waals surface area contributed by atoms with E-state index < -0.39 is 46.8 Å². The maximum absolute atomic E-state index is 11.9. The Balaban J connectivity index is 2.01. The van der Waals surface area contributed by atoms with Gasteiger partial charge in [0.1, 0.15) is 22.1 Å². The summed E-state index contributed by atoms with van der Waals surface area (Å²) in [5.74, 6) is -1.03. The first-order valence-corrected chi connectivity index (χ1v) is 12.3. The normalized spacial score (nSPS) is 12.5. The van der Waals surface area contributed by atoms with Crippen molar-refractivity contribution in [3.8, 4) is 11.5 Å². The van der Waals surface area contributed by atoms with Crippen LogP contribution < -0.4 is 0 Å². The average Bonchev–Trinajstić information content (AvgIpc) is 2.77. The highest BCUT2D eigenvalue weighted by molar-refractivity contribution is 7.92. The fourth-order valence-electron chi connectivity index (χ4n) is 3.53. The van der Waals surface area contributed by atoms with Crippen LogP contribution >= 0.6 is 0 Å². The van der Waals surface area contributed by atoms with Gasteiger partial charge >= 0.3 is 10.5 Å². The minimum atomic E-state index is -4.74. The molecule has 180 valence electrons. The molecule has 0 aliphatic carbocycles. The van der Waals surface area contributed by atoms with E-state index in [1.54, 1.807) is 0 Å². The van der Waals surface area contributed by atoms with Gasteiger partial charge in [0.25, 0.3) is 15.8 Å². The monoisotopic (exact) mass is 520 g/mol. The van der Waals surface area contributed by atoms with Crippen LogP contribution in [0.25, 0.3) is 21.5 Å². The Morgan fingerprint density at radius 2 is 1.60 bits per heavy atom. The summed E-state index contributed by atoms with van der Waals surface area (Å²) in [7, 11) is -9.40. The van der Waals surface area contributed by atoms with E-state index in [9.17, 15) is 46.6 Å². The van der Waals surface area contributed by atoms with E-state index in [4.69, 9.17) is 0 Å². The zero-order chi connectivity index (χ0) is 25.7. The quantitative estimate of drug-likeness (QED) is 0.0796. The van der Waals surface area contributed by atoms with Crippen molar-refractivity contribution < 1.29 is 41.4 Å². The van der Waals surface area contributed by atoms with Crippen LogP contribution in [0.2, 0.25) is 0 Å². The summed E-state index contributed by atoms with van der Waals surface area (Å²) in [6.45, 7) is 0. The highest BCUT2D eigenvalue weighted by Gasteiger charge is 2.32. The van der Waals surface area contributed by atoms with Gasteiger partial charge in [0.15, 0.2) is 0 Å². The standard InChI is InChI=1S/C20H13N3O10S2/c24-15-7-6-14(19-12(15)2-1-3-17(19)34(28,29)30)21-22-20-11-5-4-10(23(26)27)8-13(11)18(9-16(20)25)35(31,32)33/h1-9H,(H4-,21,22,24,25,28,29,30,31,32,33)/p+1. The summed E-state index contributed by atoms with van der Waals surface area (Å²) in [4.78, 5) is 9.12. The van der Waals surface area contributed by atoms with Crippen molar-refractivity contribution in [3.63, 3.8) is 0 Å². The summed E-state index contributed by atoms with van der Waals surface area (Å²) < 4.78 is 64.5. The fraction of sp³-hybridized carbons (Fsp3) is 0. The van der Waals surface area contributed by atoms with Crippen molar-refractivity contribution in [1.82, 2.24) is 0 Å². The third-order valence-corrected chi connectivity index (χ3v) is 6.83. The highest BCUT2D eigenvalue weighted by Crippen LogP contribution is 2.43. The van der Waals surface area contributed by atoms with Crippen LogP contribution in [0.5, 0.6) is 11.5 Å². The van der Waals surface area contributed by atoms with E-state index in [0.29, 0.717) is 6.07 Å². The molecule has 0 saturated carbocycles. The number of nitro benzene ring substituents is 1. The van der Waals surface area contributed by atoms with Gasteiger partial charge in [0.2, 0.25) is 4.90 Å². The Morgan fingerprint density at radius 3 is 2.23 bits per heavy atom. The highest BCUT2D eigenvalue weighted by atomic mass is 32.3. The number of azo groups is 1. The molecule has 4 rings (SSSR count). The SMILES string of the molecule is O=[N+]([O-])c1ccc2c(N=Nc3ccc(O)c4cccc(S(=O)(=O)O)c34)c(O)cc([S+](=O)(O)O)c2c1. The number of aromatic hydroxyl groups is 2. The number of hydrogen-bond acceptors (Lipinski definition) is 9. The van der Waals surface area contributed by atoms with Crippen molar-refractivity contribution in [1.29, 1.82) is 0 Å². The van der Waals surface area contributed by atoms with Gasteiger partial charge in [-0.2, -0.15) is 17.5 Å². The molecule has 0 saturated heterocycles. The van der Waals surface area contributed by atoms with E-state index in [1.807, 2.05) is 0 Å². The molecule has 0 fully saturated rings. The number of nitrogens with zero attached hydrogens (tertiary/aromatic N) is 3. The molecule has 0 heterocycles. The first kappa shape index (κ1) is 24.1. The number of fused-ring (bicyclic) bond motifs is 2. The lowest BCUT2D eigenvalue weighted by Crippen LogP contribution is -2.08. The van der Waals surface area contributed by atoms with Gasteiger partial charge in [0, 0.05) is 34.4 Å². The Morgan fingerprint density at radius 1 is 0.886 bits per heavy atom. The Kier molecular flexibility index (Phi) is 5.74. The predicted octanol–water partition coefficient (Wildman–Crippen LogP) is 4.78. The van der Waals surface area contributed by atoms with Gasteiger partial charge in [-0.1, -0.05) is 12.1 Å². The summed E-state index contributed by atoms with van der Waals surface area (Å²) in [6, 6.07) is 9.89. The molecule has 0 aromatic heterocycles. The predicted molar refractivity (Wildman–Crippen MR) is 123 cm³/mol. The fourth-order valence-corrected chi connectivity index (χ4v) is 4.97. The minimum absolute atomic E-state index is 0.0249. The smallest absolute Gasteiger partial charge is 0.387 e. The molecule has 0 atom stereocenters. The second-order valence-corrected chi connectivity index (χ2v) is 10.0. The molecule has 35 heavy (non-hydrogen) atoms. The van der Waals surface area contributed by atoms with Crippen LogP contribution in [-0.2, 0) is 24.8 Å². The lowest BCUT2D eigenvalue weighted by atomic mass is 10.1. The first-order chi connectivity index (χ1) is 16.3. The van der Waals surface area contributed by atoms with Crippen LogP contribution in [0, 0.1) is 10.1 Å². The van der Waals surface area contributed by atoms with Gasteiger partial charge in [-0.25, -0.2) is 0 Å². The Bertz CT molecular complexity index is 1730. The number of nitro groups is 1. The zero-order valence-corrected chi connectivity index (χ0v) is 18.8. The molecule has 0 aliphatic rings. The summed E-state index contributed by atoms with van der Waals surface area (Å²) in [5, 5.41) is 39.0. The van der Waals surface area contributed by atoms with Crippen LogP contribution in [0.15, 0.2) is 74.6 Å². The van der Waals surface area contributed by atoms with Gasteiger partial charge in [0.05, 0.1) is 16.0 Å². The maximum Gasteiger partial charge on any atom is 0.387 e. The van der Waals surface area contributed by atoms with Crippen molar-refractivity contribution in [2.75, 3.05) is 0 Å². The molecule has 0 bridgehead atoms. The van der Waals surface area contributed by atoms with E-state index in [2.05, 4.69) is 10.2 Å². The van der Waals surface area contributed by atoms with E-state index in [-0.39, 0.29) is 38.7 Å². The van der Waals surface area contributed by atoms with Gasteiger partial charge in [-0.05, 0) is 28.5 Å².